The van der Waals surface area contributed by atoms with Gasteiger partial charge in [0.2, 0.25) is 11.8 Å². The zero-order valence-corrected chi connectivity index (χ0v) is 25.0. The number of carbonyl (C=O) groups is 4. The Balaban J connectivity index is 2.53. The van der Waals surface area contributed by atoms with Crippen LogP contribution in [0.15, 0.2) is 42.5 Å². The number of esters is 1. The number of rotatable bonds is 12. The van der Waals surface area contributed by atoms with Gasteiger partial charge < -0.3 is 30.1 Å². The number of ether oxygens (including phenoxy) is 2. The quantitative estimate of drug-likeness (QED) is 0.254. The second-order valence-corrected chi connectivity index (χ2v) is 10.8. The topological polar surface area (TPSA) is 158 Å². The van der Waals surface area contributed by atoms with E-state index >= 15 is 0 Å². The lowest BCUT2D eigenvalue weighted by Gasteiger charge is -2.33. The third kappa shape index (κ3) is 10.4. The molecule has 2 rings (SSSR count). The highest BCUT2D eigenvalue weighted by atomic mass is 16.6. The fourth-order valence-corrected chi connectivity index (χ4v) is 4.21. The maximum Gasteiger partial charge on any atom is 0.408 e. The summed E-state index contributed by atoms with van der Waals surface area (Å²) in [6, 6.07) is 11.0. The highest BCUT2D eigenvalue weighted by Crippen LogP contribution is 2.27. The number of aromatic hydroxyl groups is 1. The van der Waals surface area contributed by atoms with Crippen LogP contribution in [0.2, 0.25) is 0 Å². The highest BCUT2D eigenvalue weighted by molar-refractivity contribution is 5.93. The van der Waals surface area contributed by atoms with Crippen molar-refractivity contribution in [2.45, 2.75) is 72.1 Å². The Hall–Kier alpha value is -4.59. The van der Waals surface area contributed by atoms with Crippen molar-refractivity contribution in [3.63, 3.8) is 0 Å². The van der Waals surface area contributed by atoms with E-state index in [0.717, 1.165) is 10.5 Å². The van der Waals surface area contributed by atoms with Crippen molar-refractivity contribution in [2.75, 3.05) is 19.7 Å². The van der Waals surface area contributed by atoms with Crippen LogP contribution in [0.1, 0.15) is 62.4 Å². The fourth-order valence-electron chi connectivity index (χ4n) is 4.21. The molecule has 11 nitrogen and oxygen atoms in total. The summed E-state index contributed by atoms with van der Waals surface area (Å²) >= 11 is 0. The maximum absolute atomic E-state index is 14.2. The lowest BCUT2D eigenvalue weighted by molar-refractivity contribution is -0.144. The third-order valence-electron chi connectivity index (χ3n) is 6.11. The molecule has 0 aliphatic carbocycles. The molecule has 0 bridgehead atoms. The van der Waals surface area contributed by atoms with Gasteiger partial charge in [0.25, 0.3) is 0 Å². The normalized spacial score (nSPS) is 12.3. The van der Waals surface area contributed by atoms with Crippen LogP contribution in [0.3, 0.4) is 0 Å². The Labute approximate surface area is 246 Å². The Morgan fingerprint density at radius 2 is 1.74 bits per heavy atom. The molecule has 0 aromatic heterocycles. The molecule has 0 radical (unpaired) electrons. The number of nitrogens with zero attached hydrogens (tertiary/aromatic N) is 2. The van der Waals surface area contributed by atoms with Crippen molar-refractivity contribution in [2.24, 2.45) is 0 Å². The van der Waals surface area contributed by atoms with Crippen LogP contribution in [0.25, 0.3) is 0 Å². The molecule has 0 aliphatic rings. The summed E-state index contributed by atoms with van der Waals surface area (Å²) in [6.07, 6.45) is -0.932. The SMILES string of the molecule is CCOC(=O)CCNC(=O)C(c1cc(C)ccc1C)N(CC#N)C(=O)C(Cc1ccc(O)cc1)NC(=O)OC(C)(C)C. The van der Waals surface area contributed by atoms with Crippen molar-refractivity contribution < 1.29 is 33.8 Å². The van der Waals surface area contributed by atoms with Gasteiger partial charge in [0.1, 0.15) is 30.0 Å². The highest BCUT2D eigenvalue weighted by Gasteiger charge is 2.37. The molecule has 0 saturated heterocycles. The van der Waals surface area contributed by atoms with Crippen LogP contribution in [0, 0.1) is 25.2 Å². The molecule has 0 saturated carbocycles. The summed E-state index contributed by atoms with van der Waals surface area (Å²) in [5, 5.41) is 24.8. The maximum atomic E-state index is 14.2. The largest absolute Gasteiger partial charge is 0.508 e. The van der Waals surface area contributed by atoms with Crippen LogP contribution in [0.5, 0.6) is 5.75 Å². The van der Waals surface area contributed by atoms with Gasteiger partial charge in [-0.1, -0.05) is 35.9 Å². The summed E-state index contributed by atoms with van der Waals surface area (Å²) in [6.45, 7) is 10.1. The number of phenolic OH excluding ortho intramolecular Hbond substituents is 1. The molecule has 2 aromatic rings. The summed E-state index contributed by atoms with van der Waals surface area (Å²) < 4.78 is 10.3. The number of phenols is 1. The second-order valence-electron chi connectivity index (χ2n) is 10.8. The van der Waals surface area contributed by atoms with E-state index in [1.165, 1.54) is 12.1 Å². The van der Waals surface area contributed by atoms with Crippen molar-refractivity contribution in [1.29, 1.82) is 5.26 Å². The Morgan fingerprint density at radius 3 is 2.33 bits per heavy atom. The minimum Gasteiger partial charge on any atom is -0.508 e. The first-order valence-electron chi connectivity index (χ1n) is 13.7. The lowest BCUT2D eigenvalue weighted by atomic mass is 9.95. The van der Waals surface area contributed by atoms with Gasteiger partial charge in [0.15, 0.2) is 0 Å². The average molecular weight is 581 g/mol. The summed E-state index contributed by atoms with van der Waals surface area (Å²) in [7, 11) is 0. The van der Waals surface area contributed by atoms with Gasteiger partial charge >= 0.3 is 12.1 Å². The number of hydrogen-bond acceptors (Lipinski definition) is 8. The van der Waals surface area contributed by atoms with E-state index in [0.29, 0.717) is 16.7 Å². The number of aryl methyl sites for hydroxylation is 2. The molecule has 0 heterocycles. The van der Waals surface area contributed by atoms with Gasteiger partial charge in [-0.05, 0) is 70.4 Å². The van der Waals surface area contributed by atoms with E-state index in [4.69, 9.17) is 9.47 Å². The lowest BCUT2D eigenvalue weighted by Crippen LogP contribution is -2.54. The number of benzene rings is 2. The molecule has 226 valence electrons. The number of amides is 3. The standard InChI is InChI=1S/C31H40N4O7/c1-7-41-26(37)14-16-33-28(38)27(24-18-20(2)8-9-21(24)3)35(17-15-32)29(39)25(34-30(40)42-31(4,5)6)19-22-10-12-23(36)13-11-22/h8-13,18,25,27,36H,7,14,16-17,19H2,1-6H3,(H,33,38)(H,34,40). The third-order valence-corrected chi connectivity index (χ3v) is 6.11. The van der Waals surface area contributed by atoms with E-state index in [9.17, 15) is 29.5 Å². The van der Waals surface area contributed by atoms with Crippen molar-refractivity contribution in [3.8, 4) is 11.8 Å². The monoisotopic (exact) mass is 580 g/mol. The zero-order chi connectivity index (χ0) is 31.4. The summed E-state index contributed by atoms with van der Waals surface area (Å²) in [5.74, 6) is -1.75. The van der Waals surface area contributed by atoms with Crippen LogP contribution in [0.4, 0.5) is 4.79 Å². The van der Waals surface area contributed by atoms with Gasteiger partial charge in [-0.2, -0.15) is 5.26 Å². The molecule has 42 heavy (non-hydrogen) atoms. The van der Waals surface area contributed by atoms with Gasteiger partial charge in [0.05, 0.1) is 19.1 Å². The number of carbonyl (C=O) groups excluding carboxylic acids is 4. The Morgan fingerprint density at radius 1 is 1.07 bits per heavy atom. The number of nitriles is 1. The van der Waals surface area contributed by atoms with Gasteiger partial charge in [-0.3, -0.25) is 14.4 Å². The van der Waals surface area contributed by atoms with Gasteiger partial charge in [0, 0.05) is 13.0 Å². The predicted octanol–water partition coefficient (Wildman–Crippen LogP) is 3.61. The smallest absolute Gasteiger partial charge is 0.408 e. The molecule has 3 amide bonds. The first-order chi connectivity index (χ1) is 19.7. The number of hydrogen-bond donors (Lipinski definition) is 3. The molecular formula is C31H40N4O7. The minimum atomic E-state index is -1.25. The van der Waals surface area contributed by atoms with Crippen LogP contribution < -0.4 is 10.6 Å². The minimum absolute atomic E-state index is 0.00964. The van der Waals surface area contributed by atoms with Gasteiger partial charge in [-0.25, -0.2) is 4.79 Å². The van der Waals surface area contributed by atoms with E-state index < -0.39 is 48.1 Å². The molecule has 2 atom stereocenters. The molecular weight excluding hydrogens is 540 g/mol. The Kier molecular flexibility index (Phi) is 12.3. The molecule has 0 aliphatic heterocycles. The van der Waals surface area contributed by atoms with Crippen LogP contribution >= 0.6 is 0 Å². The molecule has 11 heteroatoms. The van der Waals surface area contributed by atoms with E-state index in [2.05, 4.69) is 10.6 Å². The first kappa shape index (κ1) is 33.6. The molecule has 2 unspecified atom stereocenters. The zero-order valence-electron chi connectivity index (χ0n) is 25.0. The second kappa shape index (κ2) is 15.4. The van der Waals surface area contributed by atoms with Crippen molar-refractivity contribution in [3.05, 3.63) is 64.7 Å². The Bertz CT molecular complexity index is 1300. The fraction of sp³-hybridized carbons (Fsp3) is 0.452. The van der Waals surface area contributed by atoms with Gasteiger partial charge in [-0.15, -0.1) is 0 Å². The van der Waals surface area contributed by atoms with Crippen LogP contribution in [-0.4, -0.2) is 65.2 Å². The molecule has 0 spiro atoms. The van der Waals surface area contributed by atoms with Crippen LogP contribution in [-0.2, 0) is 30.3 Å². The van der Waals surface area contributed by atoms with Crippen molar-refractivity contribution >= 4 is 23.9 Å². The van der Waals surface area contributed by atoms with E-state index in [-0.39, 0.29) is 31.7 Å². The summed E-state index contributed by atoms with van der Waals surface area (Å²) in [4.78, 5) is 53.6. The van der Waals surface area contributed by atoms with E-state index in [1.54, 1.807) is 52.8 Å². The average Bonchev–Trinajstić information content (AvgIpc) is 2.90. The number of alkyl carbamates (subject to hydrolysis) is 1. The molecule has 3 N–H and O–H groups in total. The first-order valence-corrected chi connectivity index (χ1v) is 13.7. The molecule has 0 fully saturated rings. The predicted molar refractivity (Wildman–Crippen MR) is 155 cm³/mol. The number of nitrogens with one attached hydrogen (secondary N) is 2. The summed E-state index contributed by atoms with van der Waals surface area (Å²) in [5.41, 5.74) is 1.80. The van der Waals surface area contributed by atoms with Crippen molar-refractivity contribution in [1.82, 2.24) is 15.5 Å². The van der Waals surface area contributed by atoms with E-state index in [1.807, 2.05) is 25.1 Å². The molecule has 2 aromatic carbocycles.